The summed E-state index contributed by atoms with van der Waals surface area (Å²) in [4.78, 5) is 27.1. The van der Waals surface area contributed by atoms with E-state index in [1.807, 2.05) is 37.4 Å². The lowest BCUT2D eigenvalue weighted by atomic mass is 10.1. The highest BCUT2D eigenvalue weighted by Gasteiger charge is 2.30. The summed E-state index contributed by atoms with van der Waals surface area (Å²) in [5.41, 5.74) is 1.08. The van der Waals surface area contributed by atoms with E-state index in [-0.39, 0.29) is 11.9 Å². The van der Waals surface area contributed by atoms with E-state index in [9.17, 15) is 9.59 Å². The minimum Gasteiger partial charge on any atom is -0.447 e. The maximum Gasteiger partial charge on any atom is 0.416 e. The molecule has 1 saturated heterocycles. The molecule has 1 aliphatic rings. The van der Waals surface area contributed by atoms with Crippen molar-refractivity contribution in [1.82, 2.24) is 4.90 Å². The third kappa shape index (κ3) is 3.74. The van der Waals surface area contributed by atoms with Gasteiger partial charge in [0.25, 0.3) is 0 Å². The zero-order chi connectivity index (χ0) is 15.2. The molecular weight excluding hydrogens is 268 g/mol. The number of anilines is 1. The van der Waals surface area contributed by atoms with Crippen molar-refractivity contribution in [2.75, 3.05) is 25.1 Å². The molecule has 1 aliphatic heterocycles. The van der Waals surface area contributed by atoms with Crippen LogP contribution < -0.4 is 4.90 Å². The van der Waals surface area contributed by atoms with Crippen LogP contribution in [-0.4, -0.2) is 43.1 Å². The van der Waals surface area contributed by atoms with E-state index in [2.05, 4.69) is 11.8 Å². The lowest BCUT2D eigenvalue weighted by Gasteiger charge is -2.30. The van der Waals surface area contributed by atoms with Gasteiger partial charge in [-0.25, -0.2) is 9.69 Å². The topological polar surface area (TPSA) is 49.9 Å². The minimum absolute atomic E-state index is 0.0818. The average Bonchev–Trinajstić information content (AvgIpc) is 2.93. The van der Waals surface area contributed by atoms with Crippen molar-refractivity contribution in [1.29, 1.82) is 0 Å². The monoisotopic (exact) mass is 290 g/mol. The van der Waals surface area contributed by atoms with Gasteiger partial charge in [-0.15, -0.1) is 0 Å². The summed E-state index contributed by atoms with van der Waals surface area (Å²) in [5.74, 6) is -0.154. The molecule has 2 amide bonds. The number of hydrogen-bond donors (Lipinski definition) is 0. The first kappa shape index (κ1) is 15.4. The molecule has 0 spiro atoms. The second-order valence-corrected chi connectivity index (χ2v) is 5.25. The van der Waals surface area contributed by atoms with E-state index >= 15 is 0 Å². The number of amides is 2. The van der Waals surface area contributed by atoms with Crippen LogP contribution in [0.1, 0.15) is 26.2 Å². The van der Waals surface area contributed by atoms with Crippen LogP contribution in [0.3, 0.4) is 0 Å². The van der Waals surface area contributed by atoms with Crippen molar-refractivity contribution in [3.05, 3.63) is 30.3 Å². The summed E-state index contributed by atoms with van der Waals surface area (Å²) in [7, 11) is 1.99. The predicted molar refractivity (Wildman–Crippen MR) is 81.2 cm³/mol. The Kier molecular flexibility index (Phi) is 5.20. The van der Waals surface area contributed by atoms with Gasteiger partial charge in [0, 0.05) is 25.2 Å². The molecule has 0 saturated carbocycles. The van der Waals surface area contributed by atoms with Gasteiger partial charge < -0.3 is 9.64 Å². The molecule has 0 aliphatic carbocycles. The number of para-hydroxylation sites is 1. The number of benzene rings is 1. The highest BCUT2D eigenvalue weighted by atomic mass is 16.6. The molecule has 0 radical (unpaired) electrons. The van der Waals surface area contributed by atoms with Crippen molar-refractivity contribution in [3.8, 4) is 0 Å². The van der Waals surface area contributed by atoms with Gasteiger partial charge in [-0.05, 0) is 18.6 Å². The molecule has 114 valence electrons. The van der Waals surface area contributed by atoms with Crippen molar-refractivity contribution < 1.29 is 14.3 Å². The van der Waals surface area contributed by atoms with Gasteiger partial charge in [0.05, 0.1) is 6.54 Å². The van der Waals surface area contributed by atoms with Gasteiger partial charge in [-0.3, -0.25) is 4.79 Å². The summed E-state index contributed by atoms with van der Waals surface area (Å²) < 4.78 is 4.83. The molecule has 1 heterocycles. The highest BCUT2D eigenvalue weighted by Crippen LogP contribution is 2.20. The number of rotatable bonds is 6. The van der Waals surface area contributed by atoms with Gasteiger partial charge in [0.15, 0.2) is 0 Å². The zero-order valence-electron chi connectivity index (χ0n) is 12.6. The Labute approximate surface area is 125 Å². The molecule has 1 aromatic carbocycles. The third-order valence-electron chi connectivity index (χ3n) is 3.81. The first-order valence-electron chi connectivity index (χ1n) is 7.38. The van der Waals surface area contributed by atoms with Crippen molar-refractivity contribution in [3.63, 3.8) is 0 Å². The van der Waals surface area contributed by atoms with E-state index in [1.165, 1.54) is 4.90 Å². The maximum absolute atomic E-state index is 12.3. The fourth-order valence-electron chi connectivity index (χ4n) is 2.57. The van der Waals surface area contributed by atoms with Crippen molar-refractivity contribution in [2.45, 2.75) is 32.2 Å². The molecule has 2 rings (SSSR count). The van der Waals surface area contributed by atoms with E-state index in [1.54, 1.807) is 0 Å². The van der Waals surface area contributed by atoms with Gasteiger partial charge in [-0.2, -0.15) is 0 Å². The number of imide groups is 1. The van der Waals surface area contributed by atoms with Crippen LogP contribution in [0.2, 0.25) is 0 Å². The standard InChI is InChI=1S/C16H22N2O3/c1-3-7-14(17(2)13-8-5-4-6-9-13)12-15(19)18-10-11-21-16(18)20/h4-6,8-9,14H,3,7,10-12H2,1-2H3. The average molecular weight is 290 g/mol. The molecular formula is C16H22N2O3. The van der Waals surface area contributed by atoms with Crippen LogP contribution in [0, 0.1) is 0 Å². The molecule has 5 heteroatoms. The summed E-state index contributed by atoms with van der Waals surface area (Å²) in [6.45, 7) is 2.77. The number of nitrogens with zero attached hydrogens (tertiary/aromatic N) is 2. The Morgan fingerprint density at radius 2 is 2.10 bits per heavy atom. The van der Waals surface area contributed by atoms with E-state index in [4.69, 9.17) is 4.74 Å². The fraction of sp³-hybridized carbons (Fsp3) is 0.500. The Hall–Kier alpha value is -2.04. The van der Waals surface area contributed by atoms with Crippen LogP contribution >= 0.6 is 0 Å². The second kappa shape index (κ2) is 7.11. The summed E-state index contributed by atoms with van der Waals surface area (Å²) >= 11 is 0. The maximum atomic E-state index is 12.3. The predicted octanol–water partition coefficient (Wildman–Crippen LogP) is 2.66. The van der Waals surface area contributed by atoms with Crippen LogP contribution in [0.15, 0.2) is 30.3 Å². The first-order valence-corrected chi connectivity index (χ1v) is 7.38. The van der Waals surface area contributed by atoms with E-state index < -0.39 is 6.09 Å². The first-order chi connectivity index (χ1) is 10.1. The number of hydrogen-bond acceptors (Lipinski definition) is 4. The fourth-order valence-corrected chi connectivity index (χ4v) is 2.57. The number of carbonyl (C=O) groups excluding carboxylic acids is 2. The number of ether oxygens (including phenoxy) is 1. The van der Waals surface area contributed by atoms with E-state index in [0.717, 1.165) is 18.5 Å². The lowest BCUT2D eigenvalue weighted by molar-refractivity contribution is -0.128. The summed E-state index contributed by atoms with van der Waals surface area (Å²) in [5, 5.41) is 0. The van der Waals surface area contributed by atoms with Crippen LogP contribution in [0.5, 0.6) is 0 Å². The molecule has 21 heavy (non-hydrogen) atoms. The highest BCUT2D eigenvalue weighted by molar-refractivity contribution is 5.93. The quantitative estimate of drug-likeness (QED) is 0.808. The van der Waals surface area contributed by atoms with Crippen LogP contribution in [0.4, 0.5) is 10.5 Å². The Balaban J connectivity index is 2.04. The minimum atomic E-state index is -0.516. The summed E-state index contributed by atoms with van der Waals surface area (Å²) in [6, 6.07) is 10.1. The molecule has 0 bridgehead atoms. The number of cyclic esters (lactones) is 1. The lowest BCUT2D eigenvalue weighted by Crippen LogP contribution is -2.39. The van der Waals surface area contributed by atoms with Gasteiger partial charge >= 0.3 is 6.09 Å². The van der Waals surface area contributed by atoms with Gasteiger partial charge in [-0.1, -0.05) is 31.5 Å². The third-order valence-corrected chi connectivity index (χ3v) is 3.81. The van der Waals surface area contributed by atoms with Crippen LogP contribution in [-0.2, 0) is 9.53 Å². The summed E-state index contributed by atoms with van der Waals surface area (Å²) in [6.07, 6.45) is 1.70. The molecule has 0 aromatic heterocycles. The van der Waals surface area contributed by atoms with Crippen molar-refractivity contribution >= 4 is 17.7 Å². The number of carbonyl (C=O) groups is 2. The van der Waals surface area contributed by atoms with Gasteiger partial charge in [0.2, 0.25) is 5.91 Å². The van der Waals surface area contributed by atoms with Crippen molar-refractivity contribution in [2.24, 2.45) is 0 Å². The smallest absolute Gasteiger partial charge is 0.416 e. The Bertz CT molecular complexity index is 490. The molecule has 1 fully saturated rings. The molecule has 5 nitrogen and oxygen atoms in total. The SMILES string of the molecule is CCCC(CC(=O)N1CCOC1=O)N(C)c1ccccc1. The molecule has 0 N–H and O–H groups in total. The largest absolute Gasteiger partial charge is 0.447 e. The Morgan fingerprint density at radius 1 is 1.38 bits per heavy atom. The molecule has 1 aromatic rings. The normalized spacial score (nSPS) is 15.7. The Morgan fingerprint density at radius 3 is 2.67 bits per heavy atom. The van der Waals surface area contributed by atoms with E-state index in [0.29, 0.717) is 19.6 Å². The second-order valence-electron chi connectivity index (χ2n) is 5.25. The van der Waals surface area contributed by atoms with Gasteiger partial charge in [0.1, 0.15) is 6.61 Å². The zero-order valence-corrected chi connectivity index (χ0v) is 12.6. The van der Waals surface area contributed by atoms with Crippen LogP contribution in [0.25, 0.3) is 0 Å². The molecule has 1 unspecified atom stereocenters. The molecule has 1 atom stereocenters.